The number of hydrogen-bond donors (Lipinski definition) is 2. The highest BCUT2D eigenvalue weighted by Crippen LogP contribution is 2.32. The summed E-state index contributed by atoms with van der Waals surface area (Å²) in [5.74, 6) is 0.791. The summed E-state index contributed by atoms with van der Waals surface area (Å²) in [6.45, 7) is 1.73. The van der Waals surface area contributed by atoms with Gasteiger partial charge in [-0.05, 0) is 27.1 Å². The molecule has 0 unspecified atom stereocenters. The Morgan fingerprint density at radius 1 is 0.800 bits per heavy atom. The Bertz CT molecular complexity index is 1130. The third-order valence-corrected chi connectivity index (χ3v) is 4.72. The zero-order valence-electron chi connectivity index (χ0n) is 17.2. The number of aromatic nitrogens is 4. The van der Waals surface area contributed by atoms with Gasteiger partial charge in [-0.2, -0.15) is 9.97 Å². The van der Waals surface area contributed by atoms with Crippen molar-refractivity contribution in [3.63, 3.8) is 0 Å². The van der Waals surface area contributed by atoms with Crippen LogP contribution in [0.5, 0.6) is 0 Å². The van der Waals surface area contributed by atoms with Gasteiger partial charge in [0, 0.05) is 17.7 Å². The molecule has 2 aromatic carbocycles. The Hall–Kier alpha value is -3.58. The molecule has 0 aliphatic heterocycles. The Morgan fingerprint density at radius 2 is 1.40 bits per heavy atom. The van der Waals surface area contributed by atoms with Gasteiger partial charge in [0.05, 0.1) is 11.4 Å². The maximum Gasteiger partial charge on any atom is 0.224 e. The third kappa shape index (κ3) is 4.36. The van der Waals surface area contributed by atoms with Crippen LogP contribution in [0.4, 0.5) is 11.8 Å². The molecule has 0 saturated carbocycles. The molecule has 152 valence electrons. The average molecular weight is 400 g/mol. The van der Waals surface area contributed by atoms with Crippen molar-refractivity contribution in [2.45, 2.75) is 6.42 Å². The summed E-state index contributed by atoms with van der Waals surface area (Å²) in [6, 6.07) is 20.0. The number of anilines is 2. The Balaban J connectivity index is 1.84. The van der Waals surface area contributed by atoms with E-state index in [4.69, 9.17) is 15.7 Å². The van der Waals surface area contributed by atoms with Gasteiger partial charge >= 0.3 is 0 Å². The van der Waals surface area contributed by atoms with Crippen LogP contribution in [0.25, 0.3) is 33.7 Å². The molecule has 0 amide bonds. The quantitative estimate of drug-likeness (QED) is 0.458. The van der Waals surface area contributed by atoms with Crippen molar-refractivity contribution in [3.8, 4) is 22.5 Å². The van der Waals surface area contributed by atoms with Crippen molar-refractivity contribution in [1.29, 1.82) is 0 Å². The molecule has 2 aromatic heterocycles. The molecule has 0 fully saturated rings. The molecule has 0 atom stereocenters. The molecule has 7 nitrogen and oxygen atoms in total. The van der Waals surface area contributed by atoms with Crippen molar-refractivity contribution in [2.75, 3.05) is 38.2 Å². The molecule has 0 bridgehead atoms. The molecule has 0 aliphatic rings. The van der Waals surface area contributed by atoms with E-state index in [9.17, 15) is 0 Å². The van der Waals surface area contributed by atoms with Crippen LogP contribution in [0.1, 0.15) is 6.42 Å². The summed E-state index contributed by atoms with van der Waals surface area (Å²) >= 11 is 0. The smallest absolute Gasteiger partial charge is 0.224 e. The number of hydrogen-bond acceptors (Lipinski definition) is 7. The molecule has 0 aliphatic carbocycles. The second kappa shape index (κ2) is 8.84. The first kappa shape index (κ1) is 19.7. The van der Waals surface area contributed by atoms with E-state index in [1.165, 1.54) is 0 Å². The summed E-state index contributed by atoms with van der Waals surface area (Å²) in [5.41, 5.74) is 10.6. The fourth-order valence-corrected chi connectivity index (χ4v) is 3.28. The van der Waals surface area contributed by atoms with Crippen molar-refractivity contribution >= 4 is 22.9 Å². The molecule has 0 radical (unpaired) electrons. The maximum absolute atomic E-state index is 5.98. The molecule has 0 spiro atoms. The normalized spacial score (nSPS) is 11.2. The Labute approximate surface area is 176 Å². The van der Waals surface area contributed by atoms with Gasteiger partial charge in [0.2, 0.25) is 5.95 Å². The van der Waals surface area contributed by atoms with Gasteiger partial charge in [-0.3, -0.25) is 0 Å². The zero-order valence-corrected chi connectivity index (χ0v) is 17.2. The topological polar surface area (TPSA) is 92.8 Å². The Kier molecular flexibility index (Phi) is 5.81. The molecule has 4 aromatic rings. The minimum absolute atomic E-state index is 0.179. The maximum atomic E-state index is 5.98. The highest BCUT2D eigenvalue weighted by Gasteiger charge is 2.17. The monoisotopic (exact) mass is 399 g/mol. The molecular weight excluding hydrogens is 374 g/mol. The molecular formula is C23H25N7. The predicted octanol–water partition coefficient (Wildman–Crippen LogP) is 3.70. The third-order valence-electron chi connectivity index (χ3n) is 4.72. The SMILES string of the molecule is CN(C)CCCNc1nc(N)nc2nc(-c3ccccc3)c(-c3ccccc3)nc12. The van der Waals surface area contributed by atoms with Crippen molar-refractivity contribution in [2.24, 2.45) is 0 Å². The van der Waals surface area contributed by atoms with E-state index in [1.807, 2.05) is 60.7 Å². The molecule has 30 heavy (non-hydrogen) atoms. The minimum atomic E-state index is 0.179. The number of benzene rings is 2. The summed E-state index contributed by atoms with van der Waals surface area (Å²) in [7, 11) is 4.11. The fraction of sp³-hybridized carbons (Fsp3) is 0.217. The lowest BCUT2D eigenvalue weighted by Crippen LogP contribution is -2.17. The zero-order chi connectivity index (χ0) is 20.9. The fourth-order valence-electron chi connectivity index (χ4n) is 3.28. The first-order valence-electron chi connectivity index (χ1n) is 9.96. The molecule has 4 rings (SSSR count). The van der Waals surface area contributed by atoms with Crippen LogP contribution in [0.2, 0.25) is 0 Å². The van der Waals surface area contributed by atoms with Crippen molar-refractivity contribution in [1.82, 2.24) is 24.8 Å². The predicted molar refractivity (Wildman–Crippen MR) is 122 cm³/mol. The van der Waals surface area contributed by atoms with Gasteiger partial charge < -0.3 is 16.0 Å². The Morgan fingerprint density at radius 3 is 2.00 bits per heavy atom. The van der Waals surface area contributed by atoms with E-state index in [0.29, 0.717) is 17.0 Å². The van der Waals surface area contributed by atoms with Gasteiger partial charge in [0.1, 0.15) is 0 Å². The lowest BCUT2D eigenvalue weighted by molar-refractivity contribution is 0.405. The van der Waals surface area contributed by atoms with E-state index in [2.05, 4.69) is 34.3 Å². The lowest BCUT2D eigenvalue weighted by Gasteiger charge is -2.14. The molecule has 3 N–H and O–H groups in total. The van der Waals surface area contributed by atoms with Gasteiger partial charge in [-0.15, -0.1) is 0 Å². The summed E-state index contributed by atoms with van der Waals surface area (Å²) in [4.78, 5) is 20.7. The van der Waals surface area contributed by atoms with Gasteiger partial charge in [-0.25, -0.2) is 9.97 Å². The van der Waals surface area contributed by atoms with Gasteiger partial charge in [0.25, 0.3) is 0 Å². The molecule has 7 heteroatoms. The van der Waals surface area contributed by atoms with Crippen LogP contribution in [0.15, 0.2) is 60.7 Å². The number of nitrogens with zero attached hydrogens (tertiary/aromatic N) is 5. The lowest BCUT2D eigenvalue weighted by atomic mass is 10.0. The van der Waals surface area contributed by atoms with Gasteiger partial charge in [-0.1, -0.05) is 60.7 Å². The van der Waals surface area contributed by atoms with Crippen LogP contribution >= 0.6 is 0 Å². The van der Waals surface area contributed by atoms with E-state index >= 15 is 0 Å². The second-order valence-corrected chi connectivity index (χ2v) is 7.34. The molecule has 0 saturated heterocycles. The van der Waals surface area contributed by atoms with E-state index in [1.54, 1.807) is 0 Å². The van der Waals surface area contributed by atoms with E-state index in [-0.39, 0.29) is 5.95 Å². The van der Waals surface area contributed by atoms with Crippen LogP contribution < -0.4 is 11.1 Å². The summed E-state index contributed by atoms with van der Waals surface area (Å²) in [6.07, 6.45) is 0.972. The van der Waals surface area contributed by atoms with Crippen molar-refractivity contribution in [3.05, 3.63) is 60.7 Å². The number of nitrogen functional groups attached to an aromatic ring is 1. The number of nitrogens with one attached hydrogen (secondary N) is 1. The van der Waals surface area contributed by atoms with Crippen LogP contribution in [0, 0.1) is 0 Å². The van der Waals surface area contributed by atoms with Gasteiger partial charge in [0.15, 0.2) is 17.0 Å². The van der Waals surface area contributed by atoms with Crippen LogP contribution in [-0.2, 0) is 0 Å². The highest BCUT2D eigenvalue weighted by molar-refractivity contribution is 5.90. The van der Waals surface area contributed by atoms with E-state index < -0.39 is 0 Å². The largest absolute Gasteiger partial charge is 0.368 e. The minimum Gasteiger partial charge on any atom is -0.368 e. The summed E-state index contributed by atoms with van der Waals surface area (Å²) < 4.78 is 0. The highest BCUT2D eigenvalue weighted by atomic mass is 15.1. The number of rotatable bonds is 7. The number of nitrogens with two attached hydrogens (primary N) is 1. The summed E-state index contributed by atoms with van der Waals surface area (Å²) in [5, 5.41) is 3.36. The second-order valence-electron chi connectivity index (χ2n) is 7.34. The van der Waals surface area contributed by atoms with Crippen molar-refractivity contribution < 1.29 is 0 Å². The van der Waals surface area contributed by atoms with Crippen LogP contribution in [-0.4, -0.2) is 52.0 Å². The van der Waals surface area contributed by atoms with Crippen LogP contribution in [0.3, 0.4) is 0 Å². The number of fused-ring (bicyclic) bond motifs is 1. The average Bonchev–Trinajstić information content (AvgIpc) is 2.77. The first-order valence-corrected chi connectivity index (χ1v) is 9.96. The molecule has 2 heterocycles. The van der Waals surface area contributed by atoms with E-state index in [0.717, 1.165) is 42.0 Å². The first-order chi connectivity index (χ1) is 14.6. The standard InChI is InChI=1S/C23H25N7/c1-30(2)15-9-14-25-21-20-22(29-23(24)28-21)27-19(17-12-7-4-8-13-17)18(26-20)16-10-5-3-6-11-16/h3-8,10-13H,9,14-15H2,1-2H3,(H3,24,25,27,28,29).